The van der Waals surface area contributed by atoms with Gasteiger partial charge in [0.2, 0.25) is 0 Å². The summed E-state index contributed by atoms with van der Waals surface area (Å²) in [6.07, 6.45) is 11.8. The number of nitrogens with one attached hydrogen (secondary N) is 1. The molecule has 1 aromatic rings. The molecule has 1 N–H and O–H groups in total. The Labute approximate surface area is 130 Å². The van der Waals surface area contributed by atoms with E-state index in [-0.39, 0.29) is 11.9 Å². The summed E-state index contributed by atoms with van der Waals surface area (Å²) >= 11 is 0. The van der Waals surface area contributed by atoms with Gasteiger partial charge >= 0.3 is 0 Å². The van der Waals surface area contributed by atoms with E-state index >= 15 is 0 Å². The molecule has 1 aromatic carbocycles. The highest BCUT2D eigenvalue weighted by molar-refractivity contribution is 5.29. The minimum Gasteiger partial charge on any atom is -0.313 e. The average molecular weight is 293 g/mol. The monoisotopic (exact) mass is 293 g/mol. The lowest BCUT2D eigenvalue weighted by Crippen LogP contribution is -2.17. The number of aryl methyl sites for hydroxylation is 1. The van der Waals surface area contributed by atoms with Crippen molar-refractivity contribution < 1.29 is 4.39 Å². The quantitative estimate of drug-likeness (QED) is 0.499. The topological polar surface area (TPSA) is 12.0 Å². The van der Waals surface area contributed by atoms with Crippen LogP contribution in [-0.4, -0.2) is 7.05 Å². The van der Waals surface area contributed by atoms with Crippen molar-refractivity contribution >= 4 is 0 Å². The third-order valence-electron chi connectivity index (χ3n) is 4.31. The maximum absolute atomic E-state index is 13.4. The first-order chi connectivity index (χ1) is 10.2. The van der Waals surface area contributed by atoms with E-state index < -0.39 is 0 Å². The van der Waals surface area contributed by atoms with Gasteiger partial charge in [0, 0.05) is 6.04 Å². The molecule has 1 unspecified atom stereocenters. The minimum atomic E-state index is -0.133. The van der Waals surface area contributed by atoms with Crippen LogP contribution in [-0.2, 0) is 0 Å². The zero-order valence-corrected chi connectivity index (χ0v) is 14.1. The van der Waals surface area contributed by atoms with E-state index in [1.165, 1.54) is 56.9 Å². The maximum Gasteiger partial charge on any atom is 0.123 e. The van der Waals surface area contributed by atoms with Crippen LogP contribution in [0.4, 0.5) is 4.39 Å². The molecule has 0 amide bonds. The first-order valence-electron chi connectivity index (χ1n) is 8.62. The molecule has 2 heteroatoms. The van der Waals surface area contributed by atoms with Crippen LogP contribution in [0.1, 0.15) is 81.9 Å². The normalized spacial score (nSPS) is 12.6. The molecule has 0 saturated carbocycles. The summed E-state index contributed by atoms with van der Waals surface area (Å²) in [6, 6.07) is 5.38. The van der Waals surface area contributed by atoms with Crippen LogP contribution in [0.25, 0.3) is 0 Å². The van der Waals surface area contributed by atoms with Gasteiger partial charge in [-0.25, -0.2) is 4.39 Å². The van der Waals surface area contributed by atoms with Gasteiger partial charge in [-0.3, -0.25) is 0 Å². The molecule has 0 heterocycles. The van der Waals surface area contributed by atoms with Gasteiger partial charge in [-0.1, -0.05) is 64.4 Å². The Bertz CT molecular complexity index is 389. The molecule has 0 aliphatic carbocycles. The van der Waals surface area contributed by atoms with Crippen LogP contribution in [0, 0.1) is 12.7 Å². The third kappa shape index (κ3) is 7.08. The van der Waals surface area contributed by atoms with Crippen molar-refractivity contribution in [3.05, 3.63) is 35.1 Å². The van der Waals surface area contributed by atoms with Gasteiger partial charge in [0.05, 0.1) is 0 Å². The SMILES string of the molecule is CCCCCCCCCCC(NC)c1cc(F)ccc1C. The smallest absolute Gasteiger partial charge is 0.123 e. The first-order valence-corrected chi connectivity index (χ1v) is 8.62. The van der Waals surface area contributed by atoms with Gasteiger partial charge in [-0.2, -0.15) is 0 Å². The zero-order valence-electron chi connectivity index (χ0n) is 14.1. The Morgan fingerprint density at radius 2 is 1.62 bits per heavy atom. The Morgan fingerprint density at radius 3 is 2.24 bits per heavy atom. The summed E-state index contributed by atoms with van der Waals surface area (Å²) in [4.78, 5) is 0. The van der Waals surface area contributed by atoms with Crippen LogP contribution in [0.3, 0.4) is 0 Å². The molecule has 0 spiro atoms. The lowest BCUT2D eigenvalue weighted by molar-refractivity contribution is 0.490. The molecule has 0 saturated heterocycles. The summed E-state index contributed by atoms with van der Waals surface area (Å²) in [5.41, 5.74) is 2.29. The molecule has 0 aromatic heterocycles. The van der Waals surface area contributed by atoms with Crippen LogP contribution >= 0.6 is 0 Å². The molecule has 0 aliphatic heterocycles. The number of hydrogen-bond acceptors (Lipinski definition) is 1. The minimum absolute atomic E-state index is 0.133. The highest BCUT2D eigenvalue weighted by Crippen LogP contribution is 2.24. The molecule has 21 heavy (non-hydrogen) atoms. The Balaban J connectivity index is 2.27. The number of halogens is 1. The highest BCUT2D eigenvalue weighted by atomic mass is 19.1. The van der Waals surface area contributed by atoms with Gasteiger partial charge < -0.3 is 5.32 Å². The van der Waals surface area contributed by atoms with E-state index in [1.807, 2.05) is 13.1 Å². The zero-order chi connectivity index (χ0) is 15.5. The number of hydrogen-bond donors (Lipinski definition) is 1. The van der Waals surface area contributed by atoms with Crippen molar-refractivity contribution in [3.63, 3.8) is 0 Å². The third-order valence-corrected chi connectivity index (χ3v) is 4.31. The second-order valence-electron chi connectivity index (χ2n) is 6.11. The Morgan fingerprint density at radius 1 is 1.00 bits per heavy atom. The fraction of sp³-hybridized carbons (Fsp3) is 0.684. The predicted molar refractivity (Wildman–Crippen MR) is 90.2 cm³/mol. The molecule has 120 valence electrons. The van der Waals surface area contributed by atoms with E-state index in [0.717, 1.165) is 12.0 Å². The molecular weight excluding hydrogens is 261 g/mol. The van der Waals surface area contributed by atoms with Crippen LogP contribution in [0.15, 0.2) is 18.2 Å². The van der Waals surface area contributed by atoms with E-state index in [1.54, 1.807) is 12.1 Å². The summed E-state index contributed by atoms with van der Waals surface area (Å²) in [5.74, 6) is -0.133. The lowest BCUT2D eigenvalue weighted by Gasteiger charge is -2.19. The summed E-state index contributed by atoms with van der Waals surface area (Å²) in [5, 5.41) is 3.34. The molecule has 0 aliphatic rings. The average Bonchev–Trinajstić information content (AvgIpc) is 2.49. The standard InChI is InChI=1S/C19H32FN/c1-4-5-6-7-8-9-10-11-12-19(21-3)18-15-17(20)14-13-16(18)2/h13-15,19,21H,4-12H2,1-3H3. The maximum atomic E-state index is 13.4. The predicted octanol–water partition coefficient (Wildman–Crippen LogP) is 5.93. The summed E-state index contributed by atoms with van der Waals surface area (Å²) < 4.78 is 13.4. The van der Waals surface area contributed by atoms with Crippen molar-refractivity contribution in [1.29, 1.82) is 0 Å². The van der Waals surface area contributed by atoms with Crippen molar-refractivity contribution in [2.75, 3.05) is 7.05 Å². The Hall–Kier alpha value is -0.890. The molecule has 0 radical (unpaired) electrons. The van der Waals surface area contributed by atoms with E-state index in [2.05, 4.69) is 19.2 Å². The van der Waals surface area contributed by atoms with E-state index in [4.69, 9.17) is 0 Å². The fourth-order valence-corrected chi connectivity index (χ4v) is 2.92. The van der Waals surface area contributed by atoms with Crippen molar-refractivity contribution in [2.24, 2.45) is 0 Å². The second kappa shape index (κ2) is 10.8. The summed E-state index contributed by atoms with van der Waals surface area (Å²) in [7, 11) is 1.97. The van der Waals surface area contributed by atoms with Gasteiger partial charge in [0.25, 0.3) is 0 Å². The van der Waals surface area contributed by atoms with E-state index in [0.29, 0.717) is 0 Å². The molecule has 0 bridgehead atoms. The van der Waals surface area contributed by atoms with Gasteiger partial charge in [0.15, 0.2) is 0 Å². The summed E-state index contributed by atoms with van der Waals surface area (Å²) in [6.45, 7) is 4.32. The molecule has 0 fully saturated rings. The van der Waals surface area contributed by atoms with Gasteiger partial charge in [-0.15, -0.1) is 0 Å². The lowest BCUT2D eigenvalue weighted by atomic mass is 9.96. The molecular formula is C19H32FN. The molecule has 1 atom stereocenters. The van der Waals surface area contributed by atoms with Crippen LogP contribution in [0.5, 0.6) is 0 Å². The highest BCUT2D eigenvalue weighted by Gasteiger charge is 2.12. The van der Waals surface area contributed by atoms with Crippen LogP contribution in [0.2, 0.25) is 0 Å². The molecule has 1 nitrogen and oxygen atoms in total. The van der Waals surface area contributed by atoms with Gasteiger partial charge in [0.1, 0.15) is 5.82 Å². The fourth-order valence-electron chi connectivity index (χ4n) is 2.92. The largest absolute Gasteiger partial charge is 0.313 e. The van der Waals surface area contributed by atoms with Gasteiger partial charge in [-0.05, 0) is 43.7 Å². The Kier molecular flexibility index (Phi) is 9.32. The van der Waals surface area contributed by atoms with E-state index in [9.17, 15) is 4.39 Å². The van der Waals surface area contributed by atoms with Crippen molar-refractivity contribution in [2.45, 2.75) is 77.7 Å². The number of rotatable bonds is 11. The van der Waals surface area contributed by atoms with Crippen molar-refractivity contribution in [1.82, 2.24) is 5.32 Å². The van der Waals surface area contributed by atoms with Crippen LogP contribution < -0.4 is 5.32 Å². The first kappa shape index (κ1) is 18.2. The van der Waals surface area contributed by atoms with Crippen molar-refractivity contribution in [3.8, 4) is 0 Å². The number of unbranched alkanes of at least 4 members (excludes halogenated alkanes) is 7. The molecule has 1 rings (SSSR count). The number of benzene rings is 1. The second-order valence-corrected chi connectivity index (χ2v) is 6.11.